The second-order valence-corrected chi connectivity index (χ2v) is 7.39. The van der Waals surface area contributed by atoms with E-state index < -0.39 is 26.8 Å². The van der Waals surface area contributed by atoms with Crippen molar-refractivity contribution < 1.29 is 73.9 Å². The molecule has 27 heavy (non-hydrogen) atoms. The van der Waals surface area contributed by atoms with Crippen LogP contribution in [0.15, 0.2) is 65.6 Å². The van der Waals surface area contributed by atoms with Gasteiger partial charge in [0.2, 0.25) is 0 Å². The standard InChI is InChI=1S/C19H13NO5S.K/c21-18-15-8-4-7-13-9-14(26(23,24)25)10-16(17(13)15)19(22)20(18)11-12-5-2-1-3-6-12;/h1-10H,11H2,(H,23,24,25);/q;+1/p-1. The number of hydrogen-bond donors (Lipinski definition) is 0. The molecule has 3 aromatic carbocycles. The average Bonchev–Trinajstić information content (AvgIpc) is 2.62. The molecule has 1 heterocycles. The van der Waals surface area contributed by atoms with Crippen LogP contribution in [0, 0.1) is 0 Å². The molecule has 0 aliphatic carbocycles. The Morgan fingerprint density at radius 3 is 2.19 bits per heavy atom. The van der Waals surface area contributed by atoms with Gasteiger partial charge in [-0.05, 0) is 29.1 Å². The molecular formula is C19H12KNO5S. The van der Waals surface area contributed by atoms with Gasteiger partial charge in [0.1, 0.15) is 10.1 Å². The average molecular weight is 405 g/mol. The summed E-state index contributed by atoms with van der Waals surface area (Å²) in [5.41, 5.74) is 1.11. The number of nitrogens with zero attached hydrogens (tertiary/aromatic N) is 1. The predicted octanol–water partition coefficient (Wildman–Crippen LogP) is -0.456. The minimum atomic E-state index is -4.73. The quantitative estimate of drug-likeness (QED) is 0.334. The van der Waals surface area contributed by atoms with Crippen molar-refractivity contribution in [2.75, 3.05) is 0 Å². The van der Waals surface area contributed by atoms with Crippen molar-refractivity contribution in [3.05, 3.63) is 77.4 Å². The van der Waals surface area contributed by atoms with Crippen LogP contribution in [0.4, 0.5) is 0 Å². The second kappa shape index (κ2) is 7.55. The monoisotopic (exact) mass is 405 g/mol. The number of hydrogen-bond acceptors (Lipinski definition) is 5. The molecule has 4 rings (SSSR count). The van der Waals surface area contributed by atoms with Gasteiger partial charge in [-0.1, -0.05) is 42.5 Å². The number of carbonyl (C=O) groups is 2. The zero-order valence-electron chi connectivity index (χ0n) is 14.4. The summed E-state index contributed by atoms with van der Waals surface area (Å²) >= 11 is 0. The molecule has 1 aliphatic rings. The third-order valence-electron chi connectivity index (χ3n) is 4.37. The van der Waals surface area contributed by atoms with Crippen molar-refractivity contribution in [3.63, 3.8) is 0 Å². The van der Waals surface area contributed by atoms with Crippen LogP contribution in [-0.2, 0) is 16.7 Å². The van der Waals surface area contributed by atoms with Crippen molar-refractivity contribution in [1.82, 2.24) is 4.90 Å². The molecule has 2 amide bonds. The van der Waals surface area contributed by atoms with Gasteiger partial charge in [0.05, 0.1) is 11.4 Å². The summed E-state index contributed by atoms with van der Waals surface area (Å²) in [6, 6.07) is 16.0. The van der Waals surface area contributed by atoms with E-state index in [0.717, 1.165) is 16.5 Å². The molecule has 3 aromatic rings. The maximum absolute atomic E-state index is 12.9. The topological polar surface area (TPSA) is 94.6 Å². The molecule has 0 saturated heterocycles. The van der Waals surface area contributed by atoms with E-state index in [9.17, 15) is 22.6 Å². The summed E-state index contributed by atoms with van der Waals surface area (Å²) in [4.78, 5) is 26.3. The van der Waals surface area contributed by atoms with E-state index in [2.05, 4.69) is 0 Å². The predicted molar refractivity (Wildman–Crippen MR) is 92.6 cm³/mol. The van der Waals surface area contributed by atoms with Gasteiger partial charge in [-0.2, -0.15) is 0 Å². The van der Waals surface area contributed by atoms with E-state index in [4.69, 9.17) is 0 Å². The molecule has 0 unspecified atom stereocenters. The fraction of sp³-hybridized carbons (Fsp3) is 0.0526. The Labute approximate surface area is 198 Å². The Bertz CT molecular complexity index is 1180. The van der Waals surface area contributed by atoms with E-state index in [1.807, 2.05) is 6.07 Å². The molecule has 130 valence electrons. The van der Waals surface area contributed by atoms with Crippen LogP contribution in [0.5, 0.6) is 0 Å². The first-order chi connectivity index (χ1) is 12.4. The normalized spacial score (nSPS) is 13.6. The first-order valence-corrected chi connectivity index (χ1v) is 9.20. The van der Waals surface area contributed by atoms with Crippen LogP contribution in [-0.4, -0.2) is 29.7 Å². The van der Waals surface area contributed by atoms with Crippen LogP contribution in [0.2, 0.25) is 0 Å². The summed E-state index contributed by atoms with van der Waals surface area (Å²) in [5, 5.41) is 0.745. The maximum atomic E-state index is 12.9. The van der Waals surface area contributed by atoms with E-state index in [-0.39, 0.29) is 63.5 Å². The van der Waals surface area contributed by atoms with Crippen molar-refractivity contribution in [2.45, 2.75) is 11.4 Å². The van der Waals surface area contributed by atoms with Crippen molar-refractivity contribution >= 4 is 32.7 Å². The molecular weight excluding hydrogens is 393 g/mol. The number of carbonyl (C=O) groups excluding carboxylic acids is 2. The van der Waals surface area contributed by atoms with E-state index in [1.54, 1.807) is 42.5 Å². The van der Waals surface area contributed by atoms with Gasteiger partial charge in [-0.15, -0.1) is 0 Å². The third-order valence-corrected chi connectivity index (χ3v) is 5.19. The summed E-state index contributed by atoms with van der Waals surface area (Å²) in [6.45, 7) is 0.0582. The van der Waals surface area contributed by atoms with Crippen LogP contribution in [0.3, 0.4) is 0 Å². The van der Waals surface area contributed by atoms with Gasteiger partial charge in [0, 0.05) is 16.5 Å². The van der Waals surface area contributed by atoms with Crippen molar-refractivity contribution in [2.24, 2.45) is 0 Å². The fourth-order valence-corrected chi connectivity index (χ4v) is 3.72. The largest absolute Gasteiger partial charge is 1.00 e. The molecule has 0 saturated carbocycles. The number of amides is 2. The van der Waals surface area contributed by atoms with E-state index in [1.165, 1.54) is 6.07 Å². The Morgan fingerprint density at radius 1 is 0.852 bits per heavy atom. The third kappa shape index (κ3) is 3.66. The number of benzene rings is 3. The minimum Gasteiger partial charge on any atom is -0.744 e. The maximum Gasteiger partial charge on any atom is 1.00 e. The second-order valence-electron chi connectivity index (χ2n) is 6.01. The Hall–Kier alpha value is -1.39. The fourth-order valence-electron chi connectivity index (χ4n) is 3.18. The summed E-state index contributed by atoms with van der Waals surface area (Å²) in [5.74, 6) is -1.07. The molecule has 0 radical (unpaired) electrons. The molecule has 6 nitrogen and oxygen atoms in total. The summed E-state index contributed by atoms with van der Waals surface area (Å²) in [6.07, 6.45) is 0. The van der Waals surface area contributed by atoms with Crippen LogP contribution < -0.4 is 51.4 Å². The Balaban J connectivity index is 0.00000210. The molecule has 1 aliphatic heterocycles. The molecule has 0 N–H and O–H groups in total. The van der Waals surface area contributed by atoms with Crippen LogP contribution in [0.1, 0.15) is 26.3 Å². The van der Waals surface area contributed by atoms with E-state index >= 15 is 0 Å². The summed E-state index contributed by atoms with van der Waals surface area (Å²) in [7, 11) is -4.73. The number of imide groups is 1. The zero-order chi connectivity index (χ0) is 18.5. The van der Waals surface area contributed by atoms with Gasteiger partial charge < -0.3 is 4.55 Å². The smallest absolute Gasteiger partial charge is 0.744 e. The van der Waals surface area contributed by atoms with E-state index in [0.29, 0.717) is 16.3 Å². The first-order valence-electron chi connectivity index (χ1n) is 7.79. The van der Waals surface area contributed by atoms with Crippen LogP contribution in [0.25, 0.3) is 10.8 Å². The van der Waals surface area contributed by atoms with Crippen LogP contribution >= 0.6 is 0 Å². The van der Waals surface area contributed by atoms with Gasteiger partial charge in [0.25, 0.3) is 11.8 Å². The molecule has 0 fully saturated rings. The molecule has 8 heteroatoms. The van der Waals surface area contributed by atoms with Crippen molar-refractivity contribution in [3.8, 4) is 0 Å². The molecule has 0 atom stereocenters. The molecule has 0 bridgehead atoms. The van der Waals surface area contributed by atoms with Gasteiger partial charge >= 0.3 is 51.4 Å². The SMILES string of the molecule is O=C1c2cccc3cc(S(=O)(=O)[O-])cc(c23)C(=O)N1Cc1ccccc1.[K+]. The van der Waals surface area contributed by atoms with Gasteiger partial charge in [0.15, 0.2) is 0 Å². The number of rotatable bonds is 3. The molecule has 0 aromatic heterocycles. The Morgan fingerprint density at radius 2 is 1.52 bits per heavy atom. The molecule has 0 spiro atoms. The zero-order valence-corrected chi connectivity index (χ0v) is 18.3. The Kier molecular flexibility index (Phi) is 5.69. The van der Waals surface area contributed by atoms with Gasteiger partial charge in [-0.3, -0.25) is 14.5 Å². The van der Waals surface area contributed by atoms with Gasteiger partial charge in [-0.25, -0.2) is 8.42 Å². The van der Waals surface area contributed by atoms with Crippen molar-refractivity contribution in [1.29, 1.82) is 0 Å². The first kappa shape index (κ1) is 20.3. The minimum absolute atomic E-state index is 0. The summed E-state index contributed by atoms with van der Waals surface area (Å²) < 4.78 is 34.3.